The summed E-state index contributed by atoms with van der Waals surface area (Å²) in [5, 5.41) is 3.04. The Labute approximate surface area is 113 Å². The van der Waals surface area contributed by atoms with Gasteiger partial charge in [0.15, 0.2) is 0 Å². The highest BCUT2D eigenvalue weighted by molar-refractivity contribution is 5.85. The first-order valence-corrected chi connectivity index (χ1v) is 6.60. The van der Waals surface area contributed by atoms with Crippen molar-refractivity contribution in [1.29, 1.82) is 0 Å². The Morgan fingerprint density at radius 3 is 2.00 bits per heavy atom. The molecule has 1 amide bonds. The molecule has 0 fully saturated rings. The molecule has 1 N–H and O–H groups in total. The highest BCUT2D eigenvalue weighted by atomic mass is 35.5. The summed E-state index contributed by atoms with van der Waals surface area (Å²) in [4.78, 5) is 14.2. The normalized spacial score (nSPS) is 14.0. The van der Waals surface area contributed by atoms with E-state index in [-0.39, 0.29) is 24.2 Å². The summed E-state index contributed by atoms with van der Waals surface area (Å²) >= 11 is 0. The van der Waals surface area contributed by atoms with E-state index < -0.39 is 0 Å². The van der Waals surface area contributed by atoms with Crippen LogP contribution in [0.3, 0.4) is 0 Å². The Bertz CT molecular complexity index is 196. The summed E-state index contributed by atoms with van der Waals surface area (Å²) in [6, 6.07) is 0. The number of hydrogen-bond acceptors (Lipinski definition) is 2. The largest absolute Gasteiger partial charge is 0.343 e. The molecule has 0 aliphatic carbocycles. The molecule has 104 valence electrons. The molecule has 0 aliphatic rings. The summed E-state index contributed by atoms with van der Waals surface area (Å²) in [5.74, 6) is 0.853. The molecule has 0 aromatic heterocycles. The lowest BCUT2D eigenvalue weighted by molar-refractivity contribution is -0.127. The Morgan fingerprint density at radius 1 is 1.12 bits per heavy atom. The number of nitrogens with zero attached hydrogens (tertiary/aromatic N) is 1. The second-order valence-corrected chi connectivity index (χ2v) is 4.40. The fraction of sp³-hybridized carbons (Fsp3) is 0.923. The van der Waals surface area contributed by atoms with Crippen molar-refractivity contribution in [2.45, 2.75) is 47.5 Å². The molecule has 2 unspecified atom stereocenters. The standard InChI is InChI=1S/C13H28N2O.ClH/c1-6-11(5)12(7-2)13(16)14-10-15(8-3)9-4;/h11-12H,6-10H2,1-5H3,(H,14,16);1H. The minimum Gasteiger partial charge on any atom is -0.343 e. The molecule has 0 saturated carbocycles. The van der Waals surface area contributed by atoms with Gasteiger partial charge in [-0.2, -0.15) is 0 Å². The number of halogens is 1. The molecule has 0 aliphatic heterocycles. The van der Waals surface area contributed by atoms with Gasteiger partial charge in [0.2, 0.25) is 5.91 Å². The Hall–Kier alpha value is -0.280. The van der Waals surface area contributed by atoms with E-state index in [9.17, 15) is 4.79 Å². The van der Waals surface area contributed by atoms with Crippen LogP contribution in [0.15, 0.2) is 0 Å². The maximum atomic E-state index is 12.0. The van der Waals surface area contributed by atoms with Gasteiger partial charge in [-0.1, -0.05) is 41.0 Å². The maximum absolute atomic E-state index is 12.0. The summed E-state index contributed by atoms with van der Waals surface area (Å²) in [5.41, 5.74) is 0. The molecule has 3 nitrogen and oxygen atoms in total. The van der Waals surface area contributed by atoms with Crippen LogP contribution in [0.5, 0.6) is 0 Å². The molecule has 0 bridgehead atoms. The number of nitrogens with one attached hydrogen (secondary N) is 1. The molecule has 0 radical (unpaired) electrons. The van der Waals surface area contributed by atoms with Crippen LogP contribution in [0.25, 0.3) is 0 Å². The predicted octanol–water partition coefficient (Wildman–Crippen LogP) is 2.90. The van der Waals surface area contributed by atoms with Crippen LogP contribution < -0.4 is 5.32 Å². The SMILES string of the molecule is CCC(C)C(CC)C(=O)NCN(CC)CC.Cl. The van der Waals surface area contributed by atoms with Crippen LogP contribution in [0.1, 0.15) is 47.5 Å². The minimum atomic E-state index is 0. The molecule has 0 aromatic rings. The van der Waals surface area contributed by atoms with E-state index in [1.54, 1.807) is 0 Å². The molecule has 4 heteroatoms. The van der Waals surface area contributed by atoms with Crippen molar-refractivity contribution in [3.63, 3.8) is 0 Å². The average molecular weight is 265 g/mol. The van der Waals surface area contributed by atoms with Gasteiger partial charge in [-0.3, -0.25) is 9.69 Å². The van der Waals surface area contributed by atoms with E-state index in [1.807, 2.05) is 0 Å². The first-order valence-electron chi connectivity index (χ1n) is 6.60. The van der Waals surface area contributed by atoms with Gasteiger partial charge in [0.25, 0.3) is 0 Å². The maximum Gasteiger partial charge on any atom is 0.224 e. The van der Waals surface area contributed by atoms with E-state index in [0.29, 0.717) is 12.6 Å². The highest BCUT2D eigenvalue weighted by Crippen LogP contribution is 2.18. The van der Waals surface area contributed by atoms with Crippen molar-refractivity contribution in [3.8, 4) is 0 Å². The van der Waals surface area contributed by atoms with Crippen molar-refractivity contribution in [1.82, 2.24) is 10.2 Å². The summed E-state index contributed by atoms with van der Waals surface area (Å²) in [7, 11) is 0. The third-order valence-corrected chi connectivity index (χ3v) is 3.48. The lowest BCUT2D eigenvalue weighted by Gasteiger charge is -2.24. The zero-order valence-electron chi connectivity index (χ0n) is 12.0. The fourth-order valence-corrected chi connectivity index (χ4v) is 1.90. The third-order valence-electron chi connectivity index (χ3n) is 3.48. The van der Waals surface area contributed by atoms with Crippen LogP contribution >= 0.6 is 12.4 Å². The van der Waals surface area contributed by atoms with E-state index in [0.717, 1.165) is 25.9 Å². The highest BCUT2D eigenvalue weighted by Gasteiger charge is 2.21. The quantitative estimate of drug-likeness (QED) is 0.684. The zero-order chi connectivity index (χ0) is 12.6. The van der Waals surface area contributed by atoms with Gasteiger partial charge in [-0.25, -0.2) is 0 Å². The van der Waals surface area contributed by atoms with Crippen molar-refractivity contribution in [2.75, 3.05) is 19.8 Å². The van der Waals surface area contributed by atoms with Crippen LogP contribution in [-0.4, -0.2) is 30.6 Å². The van der Waals surface area contributed by atoms with Crippen molar-refractivity contribution < 1.29 is 4.79 Å². The second kappa shape index (κ2) is 10.8. The average Bonchev–Trinajstić information content (AvgIpc) is 2.31. The van der Waals surface area contributed by atoms with Crippen molar-refractivity contribution in [3.05, 3.63) is 0 Å². The van der Waals surface area contributed by atoms with E-state index in [4.69, 9.17) is 0 Å². The predicted molar refractivity (Wildman–Crippen MR) is 76.4 cm³/mol. The lowest BCUT2D eigenvalue weighted by atomic mass is 9.89. The smallest absolute Gasteiger partial charge is 0.224 e. The molecular formula is C13H29ClN2O. The summed E-state index contributed by atoms with van der Waals surface area (Å²) < 4.78 is 0. The van der Waals surface area contributed by atoms with Gasteiger partial charge in [0.1, 0.15) is 0 Å². The number of hydrogen-bond donors (Lipinski definition) is 1. The van der Waals surface area contributed by atoms with Gasteiger partial charge in [0.05, 0.1) is 6.67 Å². The van der Waals surface area contributed by atoms with Crippen LogP contribution in [0.4, 0.5) is 0 Å². The Balaban J connectivity index is 0. The fourth-order valence-electron chi connectivity index (χ4n) is 1.90. The van der Waals surface area contributed by atoms with E-state index in [1.165, 1.54) is 0 Å². The molecule has 0 aromatic carbocycles. The second-order valence-electron chi connectivity index (χ2n) is 4.40. The number of carbonyl (C=O) groups is 1. The Kier molecular flexibility index (Phi) is 12.2. The van der Waals surface area contributed by atoms with Gasteiger partial charge in [-0.05, 0) is 25.4 Å². The molecule has 0 rings (SSSR count). The summed E-state index contributed by atoms with van der Waals surface area (Å²) in [6.07, 6.45) is 2.00. The molecule has 0 spiro atoms. The first-order chi connectivity index (χ1) is 7.60. The van der Waals surface area contributed by atoms with E-state index in [2.05, 4.69) is 44.8 Å². The number of amides is 1. The molecule has 17 heavy (non-hydrogen) atoms. The molecule has 2 atom stereocenters. The third kappa shape index (κ3) is 6.89. The monoisotopic (exact) mass is 264 g/mol. The summed E-state index contributed by atoms with van der Waals surface area (Å²) in [6.45, 7) is 13.3. The van der Waals surface area contributed by atoms with Gasteiger partial charge in [-0.15, -0.1) is 12.4 Å². The zero-order valence-corrected chi connectivity index (χ0v) is 12.8. The van der Waals surface area contributed by atoms with Gasteiger partial charge in [0, 0.05) is 5.92 Å². The van der Waals surface area contributed by atoms with Crippen LogP contribution in [0.2, 0.25) is 0 Å². The van der Waals surface area contributed by atoms with E-state index >= 15 is 0 Å². The topological polar surface area (TPSA) is 32.3 Å². The van der Waals surface area contributed by atoms with Gasteiger partial charge >= 0.3 is 0 Å². The number of carbonyl (C=O) groups excluding carboxylic acids is 1. The lowest BCUT2D eigenvalue weighted by Crippen LogP contribution is -2.41. The first kappa shape index (κ1) is 19.1. The molecule has 0 heterocycles. The van der Waals surface area contributed by atoms with Crippen molar-refractivity contribution >= 4 is 18.3 Å². The molecular weight excluding hydrogens is 236 g/mol. The Morgan fingerprint density at radius 2 is 1.65 bits per heavy atom. The van der Waals surface area contributed by atoms with Crippen LogP contribution in [-0.2, 0) is 4.79 Å². The molecule has 0 saturated heterocycles. The van der Waals surface area contributed by atoms with Crippen molar-refractivity contribution in [2.24, 2.45) is 11.8 Å². The number of rotatable bonds is 8. The van der Waals surface area contributed by atoms with Gasteiger partial charge < -0.3 is 5.32 Å². The minimum absolute atomic E-state index is 0. The van der Waals surface area contributed by atoms with Crippen LogP contribution in [0, 0.1) is 11.8 Å².